The Kier molecular flexibility index (Phi) is 3.54. The van der Waals surface area contributed by atoms with Crippen LogP contribution in [0.1, 0.15) is 5.56 Å². The molecule has 6 heteroatoms. The van der Waals surface area contributed by atoms with E-state index in [-0.39, 0.29) is 12.0 Å². The van der Waals surface area contributed by atoms with E-state index < -0.39 is 18.0 Å². The minimum atomic E-state index is -1.61. The monoisotopic (exact) mass is 263 g/mol. The highest BCUT2D eigenvalue weighted by atomic mass is 79.9. The average Bonchev–Trinajstić information content (AvgIpc) is 2.11. The van der Waals surface area contributed by atoms with Crippen molar-refractivity contribution >= 4 is 21.9 Å². The maximum atomic E-state index is 13.0. The van der Waals surface area contributed by atoms with Crippen LogP contribution in [0.4, 0.5) is 4.39 Å². The van der Waals surface area contributed by atoms with Crippen molar-refractivity contribution in [2.24, 2.45) is 0 Å². The molecule has 4 nitrogen and oxygen atoms in total. The van der Waals surface area contributed by atoms with E-state index in [0.29, 0.717) is 4.47 Å². The molecule has 76 valence electrons. The molecule has 0 aliphatic rings. The fourth-order valence-corrected chi connectivity index (χ4v) is 1.28. The lowest BCUT2D eigenvalue weighted by Crippen LogP contribution is -2.22. The van der Waals surface area contributed by atoms with Crippen molar-refractivity contribution in [1.82, 2.24) is 4.98 Å². The average molecular weight is 264 g/mol. The molecule has 1 unspecified atom stereocenters. The fraction of sp³-hybridized carbons (Fsp3) is 0.250. The van der Waals surface area contributed by atoms with E-state index in [4.69, 9.17) is 10.2 Å². The van der Waals surface area contributed by atoms with Gasteiger partial charge < -0.3 is 10.2 Å². The summed E-state index contributed by atoms with van der Waals surface area (Å²) in [4.78, 5) is 13.7. The predicted molar refractivity (Wildman–Crippen MR) is 49.2 cm³/mol. The molecule has 1 atom stereocenters. The highest BCUT2D eigenvalue weighted by Crippen LogP contribution is 2.14. The Labute approximate surface area is 87.5 Å². The van der Waals surface area contributed by atoms with Crippen LogP contribution in [0.15, 0.2) is 16.7 Å². The number of aliphatic carboxylic acids is 1. The first-order chi connectivity index (χ1) is 6.50. The number of carboxylic acid groups (broad SMARTS) is 1. The zero-order valence-corrected chi connectivity index (χ0v) is 8.53. The molecule has 0 aliphatic heterocycles. The van der Waals surface area contributed by atoms with Crippen LogP contribution < -0.4 is 0 Å². The zero-order chi connectivity index (χ0) is 10.7. The van der Waals surface area contributed by atoms with Crippen LogP contribution in [0.5, 0.6) is 0 Å². The molecule has 2 N–H and O–H groups in total. The SMILES string of the molecule is O=C(O)C(O)Cc1cc(Br)cnc1F. The van der Waals surface area contributed by atoms with E-state index in [0.717, 1.165) is 0 Å². The van der Waals surface area contributed by atoms with Gasteiger partial charge in [0.15, 0.2) is 6.10 Å². The largest absolute Gasteiger partial charge is 0.479 e. The topological polar surface area (TPSA) is 70.4 Å². The normalized spacial score (nSPS) is 12.5. The standard InChI is InChI=1S/C8H7BrFNO3/c9-5-1-4(7(10)11-3-5)2-6(12)8(13)14/h1,3,6,12H,2H2,(H,13,14). The van der Waals surface area contributed by atoms with Gasteiger partial charge in [0, 0.05) is 22.7 Å². The van der Waals surface area contributed by atoms with Gasteiger partial charge in [-0.15, -0.1) is 0 Å². The van der Waals surface area contributed by atoms with Gasteiger partial charge in [-0.05, 0) is 22.0 Å². The molecule has 0 aliphatic carbocycles. The summed E-state index contributed by atoms with van der Waals surface area (Å²) in [7, 11) is 0. The van der Waals surface area contributed by atoms with Crippen LogP contribution in [0.3, 0.4) is 0 Å². The first kappa shape index (κ1) is 11.1. The Bertz CT molecular complexity index is 358. The van der Waals surface area contributed by atoms with Gasteiger partial charge in [0.1, 0.15) is 0 Å². The van der Waals surface area contributed by atoms with Crippen molar-refractivity contribution in [2.75, 3.05) is 0 Å². The molecule has 0 saturated heterocycles. The molecule has 0 amide bonds. The highest BCUT2D eigenvalue weighted by molar-refractivity contribution is 9.10. The molecular weight excluding hydrogens is 257 g/mol. The smallest absolute Gasteiger partial charge is 0.332 e. The van der Waals surface area contributed by atoms with Gasteiger partial charge >= 0.3 is 5.97 Å². The van der Waals surface area contributed by atoms with E-state index in [1.54, 1.807) is 0 Å². The number of aliphatic hydroxyl groups excluding tert-OH is 1. The molecule has 14 heavy (non-hydrogen) atoms. The van der Waals surface area contributed by atoms with Crippen LogP contribution in [0, 0.1) is 5.95 Å². The van der Waals surface area contributed by atoms with Crippen molar-refractivity contribution in [2.45, 2.75) is 12.5 Å². The van der Waals surface area contributed by atoms with Crippen LogP contribution in [-0.2, 0) is 11.2 Å². The Hall–Kier alpha value is -1.01. The molecule has 0 fully saturated rings. The minimum absolute atomic E-state index is 0.0641. The summed E-state index contributed by atoms with van der Waals surface area (Å²) in [5.41, 5.74) is 0.0641. The number of nitrogens with zero attached hydrogens (tertiary/aromatic N) is 1. The van der Waals surface area contributed by atoms with Gasteiger partial charge in [-0.3, -0.25) is 0 Å². The molecule has 0 bridgehead atoms. The van der Waals surface area contributed by atoms with Gasteiger partial charge in [0.2, 0.25) is 5.95 Å². The Morgan fingerprint density at radius 2 is 2.36 bits per heavy atom. The van der Waals surface area contributed by atoms with Crippen LogP contribution >= 0.6 is 15.9 Å². The summed E-state index contributed by atoms with van der Waals surface area (Å²) >= 11 is 3.07. The first-order valence-corrected chi connectivity index (χ1v) is 4.51. The number of halogens is 2. The number of rotatable bonds is 3. The van der Waals surface area contributed by atoms with Crippen LogP contribution in [-0.4, -0.2) is 27.3 Å². The van der Waals surface area contributed by atoms with E-state index in [2.05, 4.69) is 20.9 Å². The molecule has 0 aromatic carbocycles. The molecular formula is C8H7BrFNO3. The summed E-state index contributed by atoms with van der Waals surface area (Å²) in [5, 5.41) is 17.4. The molecule has 0 radical (unpaired) electrons. The second-order valence-electron chi connectivity index (χ2n) is 2.66. The summed E-state index contributed by atoms with van der Waals surface area (Å²) in [5.74, 6) is -2.15. The molecule has 0 saturated carbocycles. The lowest BCUT2D eigenvalue weighted by molar-refractivity contribution is -0.146. The number of pyridine rings is 1. The maximum Gasteiger partial charge on any atom is 0.332 e. The second-order valence-corrected chi connectivity index (χ2v) is 3.58. The zero-order valence-electron chi connectivity index (χ0n) is 6.94. The summed E-state index contributed by atoms with van der Waals surface area (Å²) in [6.45, 7) is 0. The number of carboxylic acids is 1. The second kappa shape index (κ2) is 4.47. The fourth-order valence-electron chi connectivity index (χ4n) is 0.903. The van der Waals surface area contributed by atoms with Crippen molar-refractivity contribution in [3.63, 3.8) is 0 Å². The molecule has 1 aromatic rings. The van der Waals surface area contributed by atoms with Gasteiger partial charge in [0.05, 0.1) is 0 Å². The first-order valence-electron chi connectivity index (χ1n) is 3.71. The Balaban J connectivity index is 2.85. The van der Waals surface area contributed by atoms with E-state index >= 15 is 0 Å². The molecule has 1 aromatic heterocycles. The summed E-state index contributed by atoms with van der Waals surface area (Å²) in [6, 6.07) is 1.38. The summed E-state index contributed by atoms with van der Waals surface area (Å²) < 4.78 is 13.5. The quantitative estimate of drug-likeness (QED) is 0.798. The number of aromatic nitrogens is 1. The number of carbonyl (C=O) groups is 1. The third kappa shape index (κ3) is 2.74. The minimum Gasteiger partial charge on any atom is -0.479 e. The maximum absolute atomic E-state index is 13.0. The van der Waals surface area contributed by atoms with Gasteiger partial charge in [-0.2, -0.15) is 4.39 Å². The number of hydrogen-bond acceptors (Lipinski definition) is 3. The molecule has 1 rings (SSSR count). The van der Waals surface area contributed by atoms with Crippen molar-refractivity contribution in [3.05, 3.63) is 28.2 Å². The van der Waals surface area contributed by atoms with Gasteiger partial charge in [0.25, 0.3) is 0 Å². The van der Waals surface area contributed by atoms with Crippen molar-refractivity contribution in [1.29, 1.82) is 0 Å². The van der Waals surface area contributed by atoms with Crippen molar-refractivity contribution in [3.8, 4) is 0 Å². The lowest BCUT2D eigenvalue weighted by atomic mass is 10.1. The van der Waals surface area contributed by atoms with E-state index in [1.165, 1.54) is 12.3 Å². The Morgan fingerprint density at radius 3 is 2.93 bits per heavy atom. The highest BCUT2D eigenvalue weighted by Gasteiger charge is 2.16. The van der Waals surface area contributed by atoms with Crippen molar-refractivity contribution < 1.29 is 19.4 Å². The van der Waals surface area contributed by atoms with E-state index in [1.807, 2.05) is 0 Å². The molecule has 0 spiro atoms. The number of hydrogen-bond donors (Lipinski definition) is 2. The van der Waals surface area contributed by atoms with E-state index in [9.17, 15) is 9.18 Å². The molecule has 1 heterocycles. The van der Waals surface area contributed by atoms with Crippen LogP contribution in [0.2, 0.25) is 0 Å². The third-order valence-corrected chi connectivity index (χ3v) is 2.01. The third-order valence-electron chi connectivity index (χ3n) is 1.58. The number of aliphatic hydroxyl groups is 1. The Morgan fingerprint density at radius 1 is 1.71 bits per heavy atom. The van der Waals surface area contributed by atoms with Gasteiger partial charge in [-0.25, -0.2) is 9.78 Å². The predicted octanol–water partition coefficient (Wildman–Crippen LogP) is 0.971. The van der Waals surface area contributed by atoms with Crippen LogP contribution in [0.25, 0.3) is 0 Å². The summed E-state index contributed by atoms with van der Waals surface area (Å²) in [6.07, 6.45) is -0.653. The lowest BCUT2D eigenvalue weighted by Gasteiger charge is -2.05. The van der Waals surface area contributed by atoms with Gasteiger partial charge in [-0.1, -0.05) is 0 Å².